The predicted octanol–water partition coefficient (Wildman–Crippen LogP) is 2.82. The number of hydrogen-bond donors (Lipinski definition) is 0. The minimum absolute atomic E-state index is 0.0187. The van der Waals surface area contributed by atoms with Gasteiger partial charge in [0.1, 0.15) is 0 Å². The van der Waals surface area contributed by atoms with Crippen LogP contribution in [0, 0.1) is 20.2 Å². The fourth-order valence-electron chi connectivity index (χ4n) is 1.44. The van der Waals surface area contributed by atoms with Crippen molar-refractivity contribution < 1.29 is 19.3 Å². The molecular formula is C12H14N2O6. The Kier molecular flexibility index (Phi) is 5.95. The van der Waals surface area contributed by atoms with Crippen molar-refractivity contribution in [2.75, 3.05) is 13.2 Å². The fourth-order valence-corrected chi connectivity index (χ4v) is 1.44. The lowest BCUT2D eigenvalue weighted by Crippen LogP contribution is -2.02. The summed E-state index contributed by atoms with van der Waals surface area (Å²) in [6.45, 7) is 4.15. The van der Waals surface area contributed by atoms with Crippen LogP contribution in [0.4, 0.5) is 11.4 Å². The van der Waals surface area contributed by atoms with Crippen LogP contribution in [0.15, 0.2) is 31.0 Å². The van der Waals surface area contributed by atoms with E-state index in [9.17, 15) is 20.2 Å². The second kappa shape index (κ2) is 7.72. The molecule has 0 heterocycles. The van der Waals surface area contributed by atoms with Crippen LogP contribution in [0.2, 0.25) is 0 Å². The van der Waals surface area contributed by atoms with Gasteiger partial charge in [0.25, 0.3) is 5.69 Å². The molecule has 0 saturated heterocycles. The molecule has 20 heavy (non-hydrogen) atoms. The van der Waals surface area contributed by atoms with Gasteiger partial charge >= 0.3 is 5.69 Å². The average Bonchev–Trinajstić information content (AvgIpc) is 2.42. The molecule has 8 nitrogen and oxygen atoms in total. The normalized spacial score (nSPS) is 9.80. The summed E-state index contributed by atoms with van der Waals surface area (Å²) in [5.74, 6) is 0.0187. The molecule has 0 radical (unpaired) electrons. The molecule has 1 rings (SSSR count). The zero-order chi connectivity index (χ0) is 15.0. The highest BCUT2D eigenvalue weighted by molar-refractivity contribution is 5.53. The molecule has 0 N–H and O–H groups in total. The van der Waals surface area contributed by atoms with Crippen LogP contribution in [0.3, 0.4) is 0 Å². The first kappa shape index (κ1) is 15.4. The lowest BCUT2D eigenvalue weighted by atomic mass is 10.2. The number of rotatable bonds is 9. The van der Waals surface area contributed by atoms with Crippen molar-refractivity contribution in [1.82, 2.24) is 0 Å². The number of ether oxygens (including phenoxy) is 2. The topological polar surface area (TPSA) is 105 Å². The molecule has 0 fully saturated rings. The summed E-state index contributed by atoms with van der Waals surface area (Å²) in [4.78, 5) is 20.0. The number of nitro benzene ring substituents is 2. The Morgan fingerprint density at radius 3 is 2.45 bits per heavy atom. The highest BCUT2D eigenvalue weighted by Gasteiger charge is 2.20. The van der Waals surface area contributed by atoms with Crippen molar-refractivity contribution in [2.45, 2.75) is 12.8 Å². The maximum Gasteiger partial charge on any atom is 0.317 e. The van der Waals surface area contributed by atoms with Gasteiger partial charge in [-0.15, -0.1) is 0 Å². The SMILES string of the molecule is C=COCCCCOc1ccc([N+](=O)[O-])cc1[N+](=O)[O-]. The van der Waals surface area contributed by atoms with E-state index in [2.05, 4.69) is 6.58 Å². The highest BCUT2D eigenvalue weighted by atomic mass is 16.6. The van der Waals surface area contributed by atoms with Gasteiger partial charge in [0.05, 0.1) is 35.4 Å². The van der Waals surface area contributed by atoms with E-state index in [4.69, 9.17) is 9.47 Å². The van der Waals surface area contributed by atoms with Gasteiger partial charge in [0, 0.05) is 6.07 Å². The fraction of sp³-hybridized carbons (Fsp3) is 0.333. The first-order valence-electron chi connectivity index (χ1n) is 5.84. The van der Waals surface area contributed by atoms with Crippen LogP contribution in [-0.2, 0) is 4.74 Å². The minimum atomic E-state index is -0.705. The van der Waals surface area contributed by atoms with Crippen LogP contribution < -0.4 is 4.74 Å². The summed E-state index contributed by atoms with van der Waals surface area (Å²) in [7, 11) is 0. The molecule has 0 bridgehead atoms. The van der Waals surface area contributed by atoms with E-state index in [0.717, 1.165) is 6.07 Å². The summed E-state index contributed by atoms with van der Waals surface area (Å²) in [6, 6.07) is 3.29. The molecule has 0 spiro atoms. The van der Waals surface area contributed by atoms with Crippen molar-refractivity contribution in [3.8, 4) is 5.75 Å². The van der Waals surface area contributed by atoms with E-state index in [0.29, 0.717) is 19.4 Å². The van der Waals surface area contributed by atoms with Crippen molar-refractivity contribution in [3.63, 3.8) is 0 Å². The Morgan fingerprint density at radius 2 is 1.85 bits per heavy atom. The number of non-ortho nitro benzene ring substituents is 1. The average molecular weight is 282 g/mol. The molecule has 0 aliphatic heterocycles. The number of benzene rings is 1. The summed E-state index contributed by atoms with van der Waals surface area (Å²) >= 11 is 0. The molecule has 0 unspecified atom stereocenters. The van der Waals surface area contributed by atoms with Crippen LogP contribution >= 0.6 is 0 Å². The number of hydrogen-bond acceptors (Lipinski definition) is 6. The first-order chi connectivity index (χ1) is 9.56. The highest BCUT2D eigenvalue weighted by Crippen LogP contribution is 2.31. The Hall–Kier alpha value is -2.64. The van der Waals surface area contributed by atoms with E-state index in [1.807, 2.05) is 0 Å². The maximum absolute atomic E-state index is 10.8. The van der Waals surface area contributed by atoms with Crippen molar-refractivity contribution in [1.29, 1.82) is 0 Å². The summed E-state index contributed by atoms with van der Waals surface area (Å²) in [5, 5.41) is 21.4. The minimum Gasteiger partial charge on any atom is -0.502 e. The van der Waals surface area contributed by atoms with E-state index in [1.54, 1.807) is 0 Å². The second-order valence-electron chi connectivity index (χ2n) is 3.76. The monoisotopic (exact) mass is 282 g/mol. The van der Waals surface area contributed by atoms with E-state index < -0.39 is 15.5 Å². The molecule has 1 aromatic rings. The molecule has 0 amide bonds. The van der Waals surface area contributed by atoms with Crippen molar-refractivity contribution >= 4 is 11.4 Å². The zero-order valence-electron chi connectivity index (χ0n) is 10.7. The standard InChI is InChI=1S/C12H14N2O6/c1-2-19-7-3-4-8-20-12-6-5-10(13(15)16)9-11(12)14(17)18/h2,5-6,9H,1,3-4,7-8H2. The largest absolute Gasteiger partial charge is 0.502 e. The lowest BCUT2D eigenvalue weighted by Gasteiger charge is -2.06. The third-order valence-corrected chi connectivity index (χ3v) is 2.38. The molecule has 0 saturated carbocycles. The predicted molar refractivity (Wildman–Crippen MR) is 70.6 cm³/mol. The third-order valence-electron chi connectivity index (χ3n) is 2.38. The summed E-state index contributed by atoms with van der Waals surface area (Å²) in [6.07, 6.45) is 2.69. The Labute approximate surface area is 114 Å². The molecule has 0 aromatic heterocycles. The van der Waals surface area contributed by atoms with Crippen LogP contribution in [0.5, 0.6) is 5.75 Å². The summed E-state index contributed by atoms with van der Waals surface area (Å²) < 4.78 is 10.2. The van der Waals surface area contributed by atoms with Crippen molar-refractivity contribution in [3.05, 3.63) is 51.3 Å². The van der Waals surface area contributed by atoms with Gasteiger partial charge in [0.2, 0.25) is 0 Å². The van der Waals surface area contributed by atoms with E-state index in [-0.39, 0.29) is 18.0 Å². The van der Waals surface area contributed by atoms with Gasteiger partial charge in [-0.05, 0) is 18.9 Å². The summed E-state index contributed by atoms with van der Waals surface area (Å²) in [5.41, 5.74) is -0.759. The van der Waals surface area contributed by atoms with Gasteiger partial charge in [-0.25, -0.2) is 0 Å². The first-order valence-corrected chi connectivity index (χ1v) is 5.84. The molecule has 8 heteroatoms. The lowest BCUT2D eigenvalue weighted by molar-refractivity contribution is -0.394. The van der Waals surface area contributed by atoms with Gasteiger partial charge < -0.3 is 9.47 Å². The molecular weight excluding hydrogens is 268 g/mol. The molecule has 0 aliphatic rings. The Morgan fingerprint density at radius 1 is 1.15 bits per heavy atom. The Balaban J connectivity index is 2.62. The zero-order valence-corrected chi connectivity index (χ0v) is 10.7. The maximum atomic E-state index is 10.8. The molecule has 0 atom stereocenters. The van der Waals surface area contributed by atoms with Gasteiger partial charge in [-0.2, -0.15) is 0 Å². The van der Waals surface area contributed by atoms with Gasteiger partial charge in [-0.1, -0.05) is 6.58 Å². The van der Waals surface area contributed by atoms with E-state index in [1.165, 1.54) is 18.4 Å². The van der Waals surface area contributed by atoms with E-state index >= 15 is 0 Å². The Bertz CT molecular complexity index is 503. The van der Waals surface area contributed by atoms with Gasteiger partial charge in [0.15, 0.2) is 5.75 Å². The molecule has 1 aromatic carbocycles. The number of nitrogens with zero attached hydrogens (tertiary/aromatic N) is 2. The smallest absolute Gasteiger partial charge is 0.317 e. The number of nitro groups is 2. The molecule has 108 valence electrons. The quantitative estimate of drug-likeness (QED) is 0.298. The number of unbranched alkanes of at least 4 members (excludes halogenated alkanes) is 1. The molecule has 0 aliphatic carbocycles. The van der Waals surface area contributed by atoms with Crippen LogP contribution in [0.1, 0.15) is 12.8 Å². The van der Waals surface area contributed by atoms with Gasteiger partial charge in [-0.3, -0.25) is 20.2 Å². The van der Waals surface area contributed by atoms with Crippen molar-refractivity contribution in [2.24, 2.45) is 0 Å². The van der Waals surface area contributed by atoms with Crippen LogP contribution in [0.25, 0.3) is 0 Å². The third kappa shape index (κ3) is 4.56. The van der Waals surface area contributed by atoms with Crippen LogP contribution in [-0.4, -0.2) is 23.1 Å². The second-order valence-corrected chi connectivity index (χ2v) is 3.76.